The molecule has 0 radical (unpaired) electrons. The van der Waals surface area contributed by atoms with E-state index in [4.69, 9.17) is 16.3 Å². The fourth-order valence-electron chi connectivity index (χ4n) is 1.99. The molecule has 1 saturated carbocycles. The van der Waals surface area contributed by atoms with Gasteiger partial charge in [-0.15, -0.1) is 12.3 Å². The minimum atomic E-state index is -1.13. The van der Waals surface area contributed by atoms with E-state index in [0.29, 0.717) is 0 Å². The van der Waals surface area contributed by atoms with E-state index in [1.165, 1.54) is 0 Å². The van der Waals surface area contributed by atoms with Gasteiger partial charge in [-0.2, -0.15) is 0 Å². The first-order valence-electron chi connectivity index (χ1n) is 5.83. The Labute approximate surface area is 106 Å². The number of hydrogen-bond donors (Lipinski definition) is 3. The summed E-state index contributed by atoms with van der Waals surface area (Å²) >= 11 is 0. The van der Waals surface area contributed by atoms with Crippen LogP contribution in [0.15, 0.2) is 0 Å². The summed E-state index contributed by atoms with van der Waals surface area (Å²) in [4.78, 5) is 22.4. The average molecular weight is 254 g/mol. The summed E-state index contributed by atoms with van der Waals surface area (Å²) in [6, 6.07) is -1.52. The molecule has 0 saturated heterocycles. The zero-order valence-electron chi connectivity index (χ0n) is 10.3. The van der Waals surface area contributed by atoms with Crippen LogP contribution in [0.3, 0.4) is 0 Å². The van der Waals surface area contributed by atoms with Crippen LogP contribution in [0.4, 0.5) is 4.79 Å². The van der Waals surface area contributed by atoms with Gasteiger partial charge in [-0.3, -0.25) is 0 Å². The Kier molecular flexibility index (Phi) is 5.46. The van der Waals surface area contributed by atoms with Gasteiger partial charge in [0.05, 0.1) is 6.10 Å². The number of nitrogens with one attached hydrogen (secondary N) is 2. The number of amides is 2. The molecule has 1 fully saturated rings. The summed E-state index contributed by atoms with van der Waals surface area (Å²) in [5.74, 6) is 1.09. The van der Waals surface area contributed by atoms with Gasteiger partial charge >= 0.3 is 12.0 Å². The molecule has 18 heavy (non-hydrogen) atoms. The highest BCUT2D eigenvalue weighted by Gasteiger charge is 2.27. The van der Waals surface area contributed by atoms with Crippen molar-refractivity contribution in [2.75, 3.05) is 7.11 Å². The van der Waals surface area contributed by atoms with Gasteiger partial charge in [0.25, 0.3) is 0 Å². The first-order chi connectivity index (χ1) is 8.56. The molecule has 100 valence electrons. The lowest BCUT2D eigenvalue weighted by Gasteiger charge is -2.16. The number of urea groups is 1. The highest BCUT2D eigenvalue weighted by atomic mass is 16.5. The lowest BCUT2D eigenvalue weighted by Crippen LogP contribution is -2.48. The third-order valence-electron chi connectivity index (χ3n) is 2.98. The second-order valence-electron chi connectivity index (χ2n) is 4.28. The van der Waals surface area contributed by atoms with E-state index in [0.717, 1.165) is 19.3 Å². The van der Waals surface area contributed by atoms with E-state index >= 15 is 0 Å². The molecular weight excluding hydrogens is 236 g/mol. The van der Waals surface area contributed by atoms with Gasteiger partial charge in [0, 0.05) is 19.6 Å². The predicted molar refractivity (Wildman–Crippen MR) is 65.0 cm³/mol. The molecule has 3 N–H and O–H groups in total. The fourth-order valence-corrected chi connectivity index (χ4v) is 1.99. The number of carbonyl (C=O) groups excluding carboxylic acids is 1. The summed E-state index contributed by atoms with van der Waals surface area (Å²) in [7, 11) is 1.64. The smallest absolute Gasteiger partial charge is 0.327 e. The monoisotopic (exact) mass is 254 g/mol. The standard InChI is InChI=1S/C12H18N2O4/c1-3-4-10(11(15)16)14-12(17)13-8-5-6-9(7-8)18-2/h1,8-10H,4-7H2,2H3,(H,15,16)(H2,13,14,17). The predicted octanol–water partition coefficient (Wildman–Crippen LogP) is 0.330. The molecule has 2 amide bonds. The number of hydrogen-bond acceptors (Lipinski definition) is 3. The van der Waals surface area contributed by atoms with Crippen LogP contribution in [0.2, 0.25) is 0 Å². The number of ether oxygens (including phenoxy) is 1. The summed E-state index contributed by atoms with van der Waals surface area (Å²) in [5, 5.41) is 13.9. The molecule has 0 aromatic heterocycles. The molecule has 0 aromatic rings. The minimum absolute atomic E-state index is 0.0234. The quantitative estimate of drug-likeness (QED) is 0.617. The van der Waals surface area contributed by atoms with Crippen LogP contribution in [0.5, 0.6) is 0 Å². The Hall–Kier alpha value is -1.74. The van der Waals surface area contributed by atoms with Crippen molar-refractivity contribution in [3.8, 4) is 12.3 Å². The third kappa shape index (κ3) is 4.26. The number of terminal acetylenes is 1. The second kappa shape index (κ2) is 6.87. The Morgan fingerprint density at radius 1 is 1.56 bits per heavy atom. The molecule has 1 aliphatic carbocycles. The van der Waals surface area contributed by atoms with Crippen molar-refractivity contribution in [2.24, 2.45) is 0 Å². The number of aliphatic carboxylic acids is 1. The molecule has 0 spiro atoms. The molecule has 6 nitrogen and oxygen atoms in total. The van der Waals surface area contributed by atoms with E-state index in [2.05, 4.69) is 16.6 Å². The average Bonchev–Trinajstić information content (AvgIpc) is 2.76. The van der Waals surface area contributed by atoms with Crippen LogP contribution in [0, 0.1) is 12.3 Å². The Balaban J connectivity index is 2.37. The molecular formula is C12H18N2O4. The van der Waals surface area contributed by atoms with Crippen molar-refractivity contribution < 1.29 is 19.4 Å². The molecule has 0 aromatic carbocycles. The van der Waals surface area contributed by atoms with Gasteiger partial charge in [0.1, 0.15) is 6.04 Å². The Morgan fingerprint density at radius 3 is 2.78 bits per heavy atom. The van der Waals surface area contributed by atoms with Crippen molar-refractivity contribution in [1.29, 1.82) is 0 Å². The maximum atomic E-state index is 11.6. The lowest BCUT2D eigenvalue weighted by molar-refractivity contribution is -0.139. The van der Waals surface area contributed by atoms with Crippen LogP contribution in [-0.2, 0) is 9.53 Å². The Bertz CT molecular complexity index is 350. The normalized spacial score (nSPS) is 24.0. The summed E-state index contributed by atoms with van der Waals surface area (Å²) in [6.45, 7) is 0. The summed E-state index contributed by atoms with van der Waals surface area (Å²) in [6.07, 6.45) is 7.65. The van der Waals surface area contributed by atoms with E-state index < -0.39 is 18.0 Å². The lowest BCUT2D eigenvalue weighted by atomic mass is 10.2. The second-order valence-corrected chi connectivity index (χ2v) is 4.28. The number of methoxy groups -OCH3 is 1. The van der Waals surface area contributed by atoms with Gasteiger partial charge in [-0.25, -0.2) is 9.59 Å². The number of carbonyl (C=O) groups is 2. The largest absolute Gasteiger partial charge is 0.480 e. The highest BCUT2D eigenvalue weighted by molar-refractivity contribution is 5.82. The molecule has 0 bridgehead atoms. The van der Waals surface area contributed by atoms with Crippen molar-refractivity contribution in [3.63, 3.8) is 0 Å². The van der Waals surface area contributed by atoms with E-state index in [1.807, 2.05) is 0 Å². The Morgan fingerprint density at radius 2 is 2.28 bits per heavy atom. The SMILES string of the molecule is C#CCC(NC(=O)NC1CCC(OC)C1)C(=O)O. The number of carboxylic acid groups (broad SMARTS) is 1. The molecule has 3 atom stereocenters. The molecule has 6 heteroatoms. The third-order valence-corrected chi connectivity index (χ3v) is 2.98. The molecule has 1 rings (SSSR count). The van der Waals surface area contributed by atoms with Crippen molar-refractivity contribution >= 4 is 12.0 Å². The zero-order valence-corrected chi connectivity index (χ0v) is 10.3. The maximum Gasteiger partial charge on any atom is 0.327 e. The molecule has 0 heterocycles. The molecule has 1 aliphatic rings. The van der Waals surface area contributed by atoms with Gasteiger partial charge in [0.15, 0.2) is 0 Å². The first-order valence-corrected chi connectivity index (χ1v) is 5.83. The summed E-state index contributed by atoms with van der Waals surface area (Å²) in [5.41, 5.74) is 0. The zero-order chi connectivity index (χ0) is 13.5. The topological polar surface area (TPSA) is 87.7 Å². The van der Waals surface area contributed by atoms with Gasteiger partial charge in [-0.1, -0.05) is 0 Å². The highest BCUT2D eigenvalue weighted by Crippen LogP contribution is 2.21. The van der Waals surface area contributed by atoms with Crippen LogP contribution in [0.25, 0.3) is 0 Å². The van der Waals surface area contributed by atoms with Crippen molar-refractivity contribution in [1.82, 2.24) is 10.6 Å². The number of rotatable bonds is 5. The van der Waals surface area contributed by atoms with Gasteiger partial charge in [-0.05, 0) is 19.3 Å². The first kappa shape index (κ1) is 14.3. The minimum Gasteiger partial charge on any atom is -0.480 e. The number of carboxylic acids is 1. The van der Waals surface area contributed by atoms with Crippen LogP contribution in [-0.4, -0.2) is 42.4 Å². The van der Waals surface area contributed by atoms with Crippen LogP contribution in [0.1, 0.15) is 25.7 Å². The molecule has 3 unspecified atom stereocenters. The molecule has 0 aliphatic heterocycles. The van der Waals surface area contributed by atoms with E-state index in [1.54, 1.807) is 7.11 Å². The van der Waals surface area contributed by atoms with E-state index in [-0.39, 0.29) is 18.6 Å². The fraction of sp³-hybridized carbons (Fsp3) is 0.667. The summed E-state index contributed by atoms with van der Waals surface area (Å²) < 4.78 is 5.19. The van der Waals surface area contributed by atoms with Crippen LogP contribution < -0.4 is 10.6 Å². The van der Waals surface area contributed by atoms with Crippen molar-refractivity contribution in [2.45, 2.75) is 43.9 Å². The van der Waals surface area contributed by atoms with Gasteiger partial charge < -0.3 is 20.5 Å². The van der Waals surface area contributed by atoms with Crippen molar-refractivity contribution in [3.05, 3.63) is 0 Å². The maximum absolute atomic E-state index is 11.6. The van der Waals surface area contributed by atoms with Crippen LogP contribution >= 0.6 is 0 Å². The van der Waals surface area contributed by atoms with Gasteiger partial charge in [0.2, 0.25) is 0 Å². The van der Waals surface area contributed by atoms with E-state index in [9.17, 15) is 9.59 Å².